The Morgan fingerprint density at radius 2 is 1.78 bits per heavy atom. The van der Waals surface area contributed by atoms with Gasteiger partial charge >= 0.3 is 0 Å². The van der Waals surface area contributed by atoms with Crippen LogP contribution in [-0.2, 0) is 0 Å². The summed E-state index contributed by atoms with van der Waals surface area (Å²) < 4.78 is 0. The van der Waals surface area contributed by atoms with Gasteiger partial charge in [0.1, 0.15) is 0 Å². The molecule has 52 valence electrons. The molecule has 0 aromatic carbocycles. The standard InChI is InChI=1S/C7H13N2/c8-7(9)6-4-2-1-3-5-6/h6H,1-5H2,(H2-,8,9)/q-1. The minimum Gasteiger partial charge on any atom is -0.498 e. The molecule has 0 unspecified atom stereocenters. The van der Waals surface area contributed by atoms with Crippen LogP contribution in [0.25, 0.3) is 5.41 Å². The van der Waals surface area contributed by atoms with Crippen molar-refractivity contribution in [1.82, 2.24) is 0 Å². The van der Waals surface area contributed by atoms with Gasteiger partial charge in [-0.2, -0.15) is 0 Å². The molecule has 0 bridgehead atoms. The maximum atomic E-state index is 8.87. The summed E-state index contributed by atoms with van der Waals surface area (Å²) in [6, 6.07) is 0. The van der Waals surface area contributed by atoms with E-state index in [1.54, 1.807) is 0 Å². The number of rotatable bonds is 1. The van der Waals surface area contributed by atoms with E-state index in [4.69, 9.17) is 11.1 Å². The summed E-state index contributed by atoms with van der Waals surface area (Å²) in [6.45, 7) is 0. The second kappa shape index (κ2) is 2.85. The van der Waals surface area contributed by atoms with Crippen LogP contribution in [0, 0.1) is 5.92 Å². The fraction of sp³-hybridized carbons (Fsp3) is 0.857. The number of nitrogens with two attached hydrogens (primary N) is 1. The van der Waals surface area contributed by atoms with Gasteiger partial charge in [0.05, 0.1) is 0 Å². The smallest absolute Gasteiger partial charge is 0.0250 e. The highest BCUT2D eigenvalue weighted by atomic mass is 14.7. The van der Waals surface area contributed by atoms with Gasteiger partial charge in [-0.1, -0.05) is 25.1 Å². The van der Waals surface area contributed by atoms with Gasteiger partial charge < -0.3 is 11.1 Å². The van der Waals surface area contributed by atoms with Crippen molar-refractivity contribution in [1.29, 1.82) is 0 Å². The quantitative estimate of drug-likeness (QED) is 0.419. The summed E-state index contributed by atoms with van der Waals surface area (Å²) in [5.74, 6) is 0.452. The van der Waals surface area contributed by atoms with Crippen LogP contribution in [0.15, 0.2) is 0 Å². The van der Waals surface area contributed by atoms with Gasteiger partial charge in [0.2, 0.25) is 0 Å². The fourth-order valence-electron chi connectivity index (χ4n) is 1.40. The molecule has 0 aromatic heterocycles. The summed E-state index contributed by atoms with van der Waals surface area (Å²) in [6.07, 6.45) is 5.94. The molecule has 9 heavy (non-hydrogen) atoms. The van der Waals surface area contributed by atoms with Crippen molar-refractivity contribution in [2.24, 2.45) is 11.7 Å². The molecule has 2 N–H and O–H groups in total. The van der Waals surface area contributed by atoms with Gasteiger partial charge in [0.25, 0.3) is 0 Å². The first-order valence-corrected chi connectivity index (χ1v) is 3.62. The minimum absolute atomic E-state index is 0.148. The molecule has 1 aliphatic carbocycles. The first kappa shape index (κ1) is 6.59. The Morgan fingerprint density at radius 1 is 1.22 bits per heavy atom. The average molecular weight is 125 g/mol. The highest BCUT2D eigenvalue weighted by molar-refractivity contribution is 5.85. The summed E-state index contributed by atoms with van der Waals surface area (Å²) in [5.41, 5.74) is 5.24. The van der Waals surface area contributed by atoms with Crippen molar-refractivity contribution in [2.75, 3.05) is 0 Å². The van der Waals surface area contributed by atoms with Crippen LogP contribution in [0.2, 0.25) is 0 Å². The lowest BCUT2D eigenvalue weighted by Gasteiger charge is -2.23. The Labute approximate surface area is 55.9 Å². The lowest BCUT2D eigenvalue weighted by molar-refractivity contribution is 0.439. The third kappa shape index (κ3) is 1.70. The van der Waals surface area contributed by atoms with Crippen LogP contribution < -0.4 is 5.73 Å². The fourth-order valence-corrected chi connectivity index (χ4v) is 1.40. The van der Waals surface area contributed by atoms with E-state index in [9.17, 15) is 0 Å². The number of hydrogen-bond donors (Lipinski definition) is 1. The van der Waals surface area contributed by atoms with Crippen LogP contribution in [0.3, 0.4) is 0 Å². The minimum atomic E-state index is 0.148. The molecular formula is C7H13N2-. The van der Waals surface area contributed by atoms with E-state index in [0.717, 1.165) is 12.8 Å². The van der Waals surface area contributed by atoms with Gasteiger partial charge in [0, 0.05) is 0 Å². The molecule has 0 atom stereocenters. The molecule has 0 aromatic rings. The molecule has 2 heteroatoms. The normalized spacial score (nSPS) is 21.8. The second-order valence-electron chi connectivity index (χ2n) is 2.76. The van der Waals surface area contributed by atoms with Crippen molar-refractivity contribution in [3.8, 4) is 0 Å². The summed E-state index contributed by atoms with van der Waals surface area (Å²) in [4.78, 5) is 0. The average Bonchev–Trinajstić information content (AvgIpc) is 1.90. The molecule has 0 radical (unpaired) electrons. The van der Waals surface area contributed by atoms with E-state index in [1.165, 1.54) is 19.3 Å². The molecule has 0 amide bonds. The molecule has 1 saturated carbocycles. The zero-order valence-electron chi connectivity index (χ0n) is 5.64. The van der Waals surface area contributed by atoms with Crippen molar-refractivity contribution in [3.05, 3.63) is 5.41 Å². The molecule has 0 heterocycles. The zero-order valence-corrected chi connectivity index (χ0v) is 5.64. The molecule has 0 spiro atoms. The molecule has 0 aliphatic heterocycles. The molecule has 2 nitrogen and oxygen atoms in total. The lowest BCUT2D eigenvalue weighted by atomic mass is 9.89. The Morgan fingerprint density at radius 3 is 2.11 bits per heavy atom. The Balaban J connectivity index is 2.31. The van der Waals surface area contributed by atoms with Gasteiger partial charge in [0.15, 0.2) is 0 Å². The molecule has 1 aliphatic rings. The highest BCUT2D eigenvalue weighted by Gasteiger charge is 2.10. The third-order valence-corrected chi connectivity index (χ3v) is 2.02. The molecule has 0 saturated heterocycles. The van der Waals surface area contributed by atoms with E-state index in [-0.39, 0.29) is 5.84 Å². The van der Waals surface area contributed by atoms with Gasteiger partial charge in [-0.25, -0.2) is 0 Å². The van der Waals surface area contributed by atoms with Gasteiger partial charge in [-0.15, -0.1) is 0 Å². The van der Waals surface area contributed by atoms with E-state index in [0.29, 0.717) is 5.92 Å². The maximum absolute atomic E-state index is 8.87. The van der Waals surface area contributed by atoms with Crippen LogP contribution in [-0.4, -0.2) is 5.84 Å². The number of amidine groups is 1. The van der Waals surface area contributed by atoms with Crippen LogP contribution in [0.1, 0.15) is 32.1 Å². The van der Waals surface area contributed by atoms with E-state index in [1.807, 2.05) is 0 Å². The van der Waals surface area contributed by atoms with Crippen molar-refractivity contribution < 1.29 is 0 Å². The first-order chi connectivity index (χ1) is 4.30. The van der Waals surface area contributed by atoms with Crippen LogP contribution in [0.5, 0.6) is 0 Å². The molecular weight excluding hydrogens is 112 g/mol. The SMILES string of the molecule is [N-]=C(N)C1CCCCC1. The predicted octanol–water partition coefficient (Wildman–Crippen LogP) is 1.49. The second-order valence-corrected chi connectivity index (χ2v) is 2.76. The van der Waals surface area contributed by atoms with Gasteiger partial charge in [-0.3, -0.25) is 0 Å². The summed E-state index contributed by atoms with van der Waals surface area (Å²) in [7, 11) is 0. The van der Waals surface area contributed by atoms with Crippen LogP contribution in [0.4, 0.5) is 0 Å². The number of hydrogen-bond acceptors (Lipinski definition) is 0. The lowest BCUT2D eigenvalue weighted by Crippen LogP contribution is -2.23. The summed E-state index contributed by atoms with van der Waals surface area (Å²) >= 11 is 0. The highest BCUT2D eigenvalue weighted by Crippen LogP contribution is 2.22. The Hall–Kier alpha value is -0.530. The summed E-state index contributed by atoms with van der Waals surface area (Å²) in [5, 5.41) is 8.87. The van der Waals surface area contributed by atoms with Gasteiger partial charge in [-0.05, 0) is 18.8 Å². The largest absolute Gasteiger partial charge is 0.498 e. The van der Waals surface area contributed by atoms with Crippen molar-refractivity contribution in [3.63, 3.8) is 0 Å². The third-order valence-electron chi connectivity index (χ3n) is 2.02. The van der Waals surface area contributed by atoms with E-state index >= 15 is 0 Å². The maximum Gasteiger partial charge on any atom is -0.0250 e. The van der Waals surface area contributed by atoms with E-state index in [2.05, 4.69) is 0 Å². The topological polar surface area (TPSA) is 48.3 Å². The van der Waals surface area contributed by atoms with Crippen molar-refractivity contribution in [2.45, 2.75) is 32.1 Å². The van der Waals surface area contributed by atoms with Crippen molar-refractivity contribution >= 4 is 5.84 Å². The Bertz CT molecular complexity index is 103. The first-order valence-electron chi connectivity index (χ1n) is 3.62. The Kier molecular flexibility index (Phi) is 2.09. The number of nitrogens with zero attached hydrogens (tertiary/aromatic N) is 1. The zero-order chi connectivity index (χ0) is 6.69. The van der Waals surface area contributed by atoms with Crippen LogP contribution >= 0.6 is 0 Å². The predicted molar refractivity (Wildman–Crippen MR) is 39.1 cm³/mol. The molecule has 1 rings (SSSR count). The van der Waals surface area contributed by atoms with E-state index < -0.39 is 0 Å². The monoisotopic (exact) mass is 125 g/mol. The molecule has 1 fully saturated rings.